The number of rotatable bonds is 4. The third-order valence-corrected chi connectivity index (χ3v) is 3.41. The Bertz CT molecular complexity index is 530. The van der Waals surface area contributed by atoms with Crippen LogP contribution in [0.5, 0.6) is 0 Å². The Labute approximate surface area is 117 Å². The maximum atomic E-state index is 12.3. The van der Waals surface area contributed by atoms with Gasteiger partial charge in [0.25, 0.3) is 0 Å². The molecule has 0 fully saturated rings. The maximum absolute atomic E-state index is 12.3. The van der Waals surface area contributed by atoms with Gasteiger partial charge in [-0.2, -0.15) is 10.2 Å². The second-order valence-electron chi connectivity index (χ2n) is 4.70. The average Bonchev–Trinajstić information content (AvgIpc) is 2.96. The Morgan fingerprint density at radius 3 is 2.60 bits per heavy atom. The van der Waals surface area contributed by atoms with E-state index in [4.69, 9.17) is 4.74 Å². The average molecular weight is 275 g/mol. The highest BCUT2D eigenvalue weighted by molar-refractivity contribution is 5.97. The Morgan fingerprint density at radius 2 is 2.05 bits per heavy atom. The normalized spacial score (nSPS) is 20.7. The van der Waals surface area contributed by atoms with Crippen molar-refractivity contribution in [3.63, 3.8) is 0 Å². The first-order valence-electron chi connectivity index (χ1n) is 6.38. The number of methoxy groups -OCH3 is 1. The van der Waals surface area contributed by atoms with Crippen LogP contribution in [0.4, 0.5) is 5.69 Å². The van der Waals surface area contributed by atoms with Gasteiger partial charge in [0.2, 0.25) is 5.91 Å². The van der Waals surface area contributed by atoms with Crippen molar-refractivity contribution in [3.05, 3.63) is 30.3 Å². The molecule has 106 valence electrons. The van der Waals surface area contributed by atoms with Crippen LogP contribution in [0.2, 0.25) is 0 Å². The number of benzene rings is 1. The zero-order valence-electron chi connectivity index (χ0n) is 11.6. The molecule has 0 saturated carbocycles. The molecule has 0 radical (unpaired) electrons. The maximum Gasteiger partial charge on any atom is 0.336 e. The number of ether oxygens (including phenoxy) is 1. The first kappa shape index (κ1) is 14.2. The van der Waals surface area contributed by atoms with Gasteiger partial charge in [0.15, 0.2) is 5.54 Å². The minimum Gasteiger partial charge on any atom is -0.467 e. The lowest BCUT2D eigenvalue weighted by molar-refractivity contribution is -0.148. The van der Waals surface area contributed by atoms with Crippen LogP contribution < -0.4 is 4.90 Å². The Hall–Kier alpha value is -2.24. The van der Waals surface area contributed by atoms with Crippen molar-refractivity contribution in [2.75, 3.05) is 25.6 Å². The van der Waals surface area contributed by atoms with E-state index in [-0.39, 0.29) is 12.3 Å². The Balaban J connectivity index is 2.14. The summed E-state index contributed by atoms with van der Waals surface area (Å²) in [6.07, 6.45) is 0.378. The zero-order valence-corrected chi connectivity index (χ0v) is 11.6. The number of para-hydroxylation sites is 1. The molecule has 1 heterocycles. The number of carbonyl (C=O) groups excluding carboxylic acids is 2. The van der Waals surface area contributed by atoms with Crippen LogP contribution >= 0.6 is 0 Å². The van der Waals surface area contributed by atoms with E-state index < -0.39 is 11.5 Å². The minimum atomic E-state index is -1.16. The zero-order chi connectivity index (χ0) is 14.6. The van der Waals surface area contributed by atoms with E-state index in [1.54, 1.807) is 7.05 Å². The van der Waals surface area contributed by atoms with Gasteiger partial charge in [-0.05, 0) is 12.1 Å². The van der Waals surface area contributed by atoms with E-state index in [0.717, 1.165) is 5.69 Å². The number of carbonyl (C=O) groups is 2. The van der Waals surface area contributed by atoms with Crippen LogP contribution in [0.25, 0.3) is 0 Å². The molecule has 1 aliphatic heterocycles. The summed E-state index contributed by atoms with van der Waals surface area (Å²) < 4.78 is 4.76. The number of azo groups is 1. The number of esters is 1. The van der Waals surface area contributed by atoms with Crippen molar-refractivity contribution in [3.8, 4) is 0 Å². The van der Waals surface area contributed by atoms with Crippen LogP contribution in [-0.4, -0.2) is 38.1 Å². The van der Waals surface area contributed by atoms with E-state index in [0.29, 0.717) is 13.0 Å². The molecule has 1 aromatic carbocycles. The van der Waals surface area contributed by atoms with E-state index in [2.05, 4.69) is 10.2 Å². The molecule has 0 spiro atoms. The summed E-state index contributed by atoms with van der Waals surface area (Å²) in [4.78, 5) is 25.7. The van der Waals surface area contributed by atoms with Crippen LogP contribution in [-0.2, 0) is 14.3 Å². The third-order valence-electron chi connectivity index (χ3n) is 3.41. The summed E-state index contributed by atoms with van der Waals surface area (Å²) in [5.74, 6) is -0.698. The molecule has 20 heavy (non-hydrogen) atoms. The lowest BCUT2D eigenvalue weighted by Crippen LogP contribution is -2.42. The molecule has 6 nitrogen and oxygen atoms in total. The summed E-state index contributed by atoms with van der Waals surface area (Å²) in [5.41, 5.74) is -0.387. The molecule has 1 aliphatic rings. The highest BCUT2D eigenvalue weighted by atomic mass is 16.5. The highest BCUT2D eigenvalue weighted by Crippen LogP contribution is 2.29. The molecule has 0 bridgehead atoms. The van der Waals surface area contributed by atoms with Crippen molar-refractivity contribution < 1.29 is 14.3 Å². The molecular weight excluding hydrogens is 258 g/mol. The molecule has 0 N–H and O–H groups in total. The Morgan fingerprint density at radius 1 is 1.35 bits per heavy atom. The summed E-state index contributed by atoms with van der Waals surface area (Å²) in [5, 5.41) is 7.80. The van der Waals surface area contributed by atoms with E-state index >= 15 is 0 Å². The summed E-state index contributed by atoms with van der Waals surface area (Å²) in [6.45, 7) is 0.442. The van der Waals surface area contributed by atoms with E-state index in [1.807, 2.05) is 30.3 Å². The van der Waals surface area contributed by atoms with Gasteiger partial charge in [-0.15, -0.1) is 0 Å². The monoisotopic (exact) mass is 275 g/mol. The highest BCUT2D eigenvalue weighted by Gasteiger charge is 2.45. The SMILES string of the molecule is COC(=O)C1(CC(=O)N(C)c2ccccc2)CCN=N1. The second kappa shape index (κ2) is 5.81. The van der Waals surface area contributed by atoms with Gasteiger partial charge in [0, 0.05) is 19.2 Å². The van der Waals surface area contributed by atoms with Gasteiger partial charge in [0.1, 0.15) is 0 Å². The number of hydrogen-bond donors (Lipinski definition) is 0. The molecule has 0 aliphatic carbocycles. The van der Waals surface area contributed by atoms with Gasteiger partial charge in [-0.3, -0.25) is 4.79 Å². The van der Waals surface area contributed by atoms with Crippen molar-refractivity contribution >= 4 is 17.6 Å². The molecular formula is C14H17N3O3. The number of hydrogen-bond acceptors (Lipinski definition) is 5. The van der Waals surface area contributed by atoms with Crippen molar-refractivity contribution in [2.45, 2.75) is 18.4 Å². The molecule has 1 atom stereocenters. The quantitative estimate of drug-likeness (QED) is 0.787. The fourth-order valence-electron chi connectivity index (χ4n) is 2.16. The summed E-state index contributed by atoms with van der Waals surface area (Å²) in [7, 11) is 2.97. The summed E-state index contributed by atoms with van der Waals surface area (Å²) >= 11 is 0. The molecule has 1 amide bonds. The molecule has 0 aromatic heterocycles. The largest absolute Gasteiger partial charge is 0.467 e. The number of amides is 1. The molecule has 2 rings (SSSR count). The predicted octanol–water partition coefficient (Wildman–Crippen LogP) is 1.81. The molecule has 6 heteroatoms. The fraction of sp³-hybridized carbons (Fsp3) is 0.429. The van der Waals surface area contributed by atoms with Crippen molar-refractivity contribution in [1.82, 2.24) is 0 Å². The fourth-order valence-corrected chi connectivity index (χ4v) is 2.16. The topological polar surface area (TPSA) is 71.3 Å². The first-order valence-corrected chi connectivity index (χ1v) is 6.38. The molecule has 1 unspecified atom stereocenters. The van der Waals surface area contributed by atoms with Gasteiger partial charge in [-0.25, -0.2) is 4.79 Å². The standard InChI is InChI=1S/C14H17N3O3/c1-17(11-6-4-3-5-7-11)12(18)10-14(13(19)20-2)8-9-15-16-14/h3-7H,8-10H2,1-2H3. The lowest BCUT2D eigenvalue weighted by atomic mass is 9.92. The van der Waals surface area contributed by atoms with Gasteiger partial charge in [0.05, 0.1) is 20.1 Å². The Kier molecular flexibility index (Phi) is 4.12. The number of anilines is 1. The van der Waals surface area contributed by atoms with Gasteiger partial charge in [-0.1, -0.05) is 18.2 Å². The van der Waals surface area contributed by atoms with Crippen LogP contribution in [0.1, 0.15) is 12.8 Å². The first-order chi connectivity index (χ1) is 9.59. The van der Waals surface area contributed by atoms with E-state index in [1.165, 1.54) is 12.0 Å². The molecule has 1 aromatic rings. The smallest absolute Gasteiger partial charge is 0.336 e. The van der Waals surface area contributed by atoms with Crippen LogP contribution in [0.3, 0.4) is 0 Å². The minimum absolute atomic E-state index is 0.0332. The number of nitrogens with zero attached hydrogens (tertiary/aromatic N) is 3. The second-order valence-corrected chi connectivity index (χ2v) is 4.70. The van der Waals surface area contributed by atoms with Crippen LogP contribution in [0, 0.1) is 0 Å². The van der Waals surface area contributed by atoms with Gasteiger partial charge < -0.3 is 9.64 Å². The lowest BCUT2D eigenvalue weighted by Gasteiger charge is -2.24. The third kappa shape index (κ3) is 2.68. The van der Waals surface area contributed by atoms with Gasteiger partial charge >= 0.3 is 5.97 Å². The van der Waals surface area contributed by atoms with Crippen molar-refractivity contribution in [1.29, 1.82) is 0 Å². The predicted molar refractivity (Wildman–Crippen MR) is 73.6 cm³/mol. The van der Waals surface area contributed by atoms with Crippen LogP contribution in [0.15, 0.2) is 40.6 Å². The summed E-state index contributed by atoms with van der Waals surface area (Å²) in [6, 6.07) is 9.25. The van der Waals surface area contributed by atoms with Crippen molar-refractivity contribution in [2.24, 2.45) is 10.2 Å². The molecule has 0 saturated heterocycles. The van der Waals surface area contributed by atoms with E-state index in [9.17, 15) is 9.59 Å².